The molecule has 1 fully saturated rings. The zero-order valence-corrected chi connectivity index (χ0v) is 15.5. The van der Waals surface area contributed by atoms with Crippen molar-refractivity contribution >= 4 is 0 Å². The van der Waals surface area contributed by atoms with Crippen LogP contribution >= 0.6 is 0 Å². The van der Waals surface area contributed by atoms with Gasteiger partial charge in [-0.2, -0.15) is 5.26 Å². The summed E-state index contributed by atoms with van der Waals surface area (Å²) >= 11 is 0. The summed E-state index contributed by atoms with van der Waals surface area (Å²) in [5.74, 6) is 0.750. The van der Waals surface area contributed by atoms with Gasteiger partial charge in [0.15, 0.2) is 0 Å². The van der Waals surface area contributed by atoms with Crippen molar-refractivity contribution in [2.75, 3.05) is 13.7 Å². The van der Waals surface area contributed by atoms with Gasteiger partial charge in [0.1, 0.15) is 5.75 Å². The minimum atomic E-state index is -0.118. The Morgan fingerprint density at radius 2 is 2.08 bits per heavy atom. The highest BCUT2D eigenvalue weighted by molar-refractivity contribution is 5.40. The van der Waals surface area contributed by atoms with Crippen molar-refractivity contribution in [3.8, 4) is 11.8 Å². The number of ether oxygens (including phenoxy) is 1. The fraction of sp³-hybridized carbons (Fsp3) is 0.409. The van der Waals surface area contributed by atoms with Gasteiger partial charge in [-0.25, -0.2) is 0 Å². The van der Waals surface area contributed by atoms with Crippen LogP contribution in [-0.4, -0.2) is 19.7 Å². The van der Waals surface area contributed by atoms with Crippen molar-refractivity contribution in [3.05, 3.63) is 65.2 Å². The molecular formula is C22H27N3O. The molecule has 2 N–H and O–H groups in total. The number of nitrogens with zero attached hydrogens (tertiary/aromatic N) is 1. The predicted molar refractivity (Wildman–Crippen MR) is 104 cm³/mol. The number of nitriles is 1. The topological polar surface area (TPSA) is 57.1 Å². The van der Waals surface area contributed by atoms with Crippen LogP contribution in [0.15, 0.2) is 48.5 Å². The van der Waals surface area contributed by atoms with Crippen molar-refractivity contribution in [3.63, 3.8) is 0 Å². The van der Waals surface area contributed by atoms with E-state index in [-0.39, 0.29) is 5.92 Å². The fourth-order valence-electron chi connectivity index (χ4n) is 3.64. The lowest BCUT2D eigenvalue weighted by molar-refractivity contribution is 0.303. The van der Waals surface area contributed by atoms with Crippen LogP contribution in [0.4, 0.5) is 0 Å². The molecule has 0 amide bonds. The fourth-order valence-corrected chi connectivity index (χ4v) is 3.64. The molecule has 0 aliphatic carbocycles. The third-order valence-corrected chi connectivity index (χ3v) is 5.17. The van der Waals surface area contributed by atoms with E-state index in [1.807, 2.05) is 19.1 Å². The number of nitrogens with one attached hydrogen (secondary N) is 2. The highest BCUT2D eigenvalue weighted by Crippen LogP contribution is 2.27. The number of rotatable bonds is 6. The lowest BCUT2D eigenvalue weighted by atomic mass is 9.92. The first-order valence-electron chi connectivity index (χ1n) is 9.31. The van der Waals surface area contributed by atoms with Crippen LogP contribution in [0, 0.1) is 11.3 Å². The first-order chi connectivity index (χ1) is 12.7. The molecule has 4 nitrogen and oxygen atoms in total. The first kappa shape index (κ1) is 18.4. The molecular weight excluding hydrogens is 322 g/mol. The Morgan fingerprint density at radius 1 is 1.27 bits per heavy atom. The zero-order chi connectivity index (χ0) is 18.4. The van der Waals surface area contributed by atoms with Gasteiger partial charge in [-0.15, -0.1) is 0 Å². The van der Waals surface area contributed by atoms with Crippen LogP contribution in [0.5, 0.6) is 5.75 Å². The second-order valence-corrected chi connectivity index (χ2v) is 6.89. The van der Waals surface area contributed by atoms with E-state index >= 15 is 0 Å². The number of hydrogen-bond donors (Lipinski definition) is 2. The molecule has 1 heterocycles. The maximum absolute atomic E-state index is 9.19. The Bertz CT molecular complexity index is 754. The quantitative estimate of drug-likeness (QED) is 0.830. The van der Waals surface area contributed by atoms with E-state index in [1.54, 1.807) is 7.11 Å². The van der Waals surface area contributed by atoms with Crippen LogP contribution in [0.3, 0.4) is 0 Å². The molecule has 4 heteroatoms. The standard InChI is InChI=1S/C22H27N3O/c1-16(14-23)18-10-11-21(26-2)19(13-18)15-25-20-9-6-12-24-22(20)17-7-4-3-5-8-17/h3-5,7-8,10-11,13,16,20,22,24-25H,6,9,12,15H2,1-2H3/t16?,20-,22-/m0/s1. The summed E-state index contributed by atoms with van der Waals surface area (Å²) in [7, 11) is 1.70. The van der Waals surface area contributed by atoms with Crippen molar-refractivity contribution in [1.29, 1.82) is 5.26 Å². The van der Waals surface area contributed by atoms with E-state index in [0.717, 1.165) is 36.4 Å². The van der Waals surface area contributed by atoms with Gasteiger partial charge in [-0.3, -0.25) is 0 Å². The molecule has 0 radical (unpaired) electrons. The highest BCUT2D eigenvalue weighted by Gasteiger charge is 2.25. The second kappa shape index (κ2) is 8.84. The monoisotopic (exact) mass is 349 g/mol. The van der Waals surface area contributed by atoms with E-state index in [0.29, 0.717) is 12.1 Å². The highest BCUT2D eigenvalue weighted by atomic mass is 16.5. The number of piperidine rings is 1. The van der Waals surface area contributed by atoms with Crippen LogP contribution < -0.4 is 15.4 Å². The lowest BCUT2D eigenvalue weighted by Crippen LogP contribution is -2.45. The summed E-state index contributed by atoms with van der Waals surface area (Å²) in [5, 5.41) is 16.6. The van der Waals surface area contributed by atoms with Gasteiger partial charge in [-0.05, 0) is 49.6 Å². The van der Waals surface area contributed by atoms with Crippen molar-refractivity contribution in [1.82, 2.24) is 10.6 Å². The summed E-state index contributed by atoms with van der Waals surface area (Å²) in [6.07, 6.45) is 2.31. The van der Waals surface area contributed by atoms with Gasteiger partial charge in [0.25, 0.3) is 0 Å². The second-order valence-electron chi connectivity index (χ2n) is 6.89. The van der Waals surface area contributed by atoms with Crippen molar-refractivity contribution in [2.45, 2.75) is 44.3 Å². The number of benzene rings is 2. The SMILES string of the molecule is COc1ccc(C(C)C#N)cc1CN[C@H]1CCCN[C@H]1c1ccccc1. The normalized spacial score (nSPS) is 21.0. The van der Waals surface area contributed by atoms with Gasteiger partial charge in [0, 0.05) is 24.2 Å². The maximum atomic E-state index is 9.19. The molecule has 1 unspecified atom stereocenters. The molecule has 0 spiro atoms. The number of methoxy groups -OCH3 is 1. The minimum Gasteiger partial charge on any atom is -0.496 e. The van der Waals surface area contributed by atoms with Gasteiger partial charge in [-0.1, -0.05) is 36.4 Å². The van der Waals surface area contributed by atoms with Gasteiger partial charge in [0.05, 0.1) is 19.1 Å². The van der Waals surface area contributed by atoms with Gasteiger partial charge in [0.2, 0.25) is 0 Å². The Kier molecular flexibility index (Phi) is 6.27. The van der Waals surface area contributed by atoms with Gasteiger partial charge < -0.3 is 15.4 Å². The summed E-state index contributed by atoms with van der Waals surface area (Å²) in [4.78, 5) is 0. The molecule has 2 aromatic rings. The first-order valence-corrected chi connectivity index (χ1v) is 9.31. The summed E-state index contributed by atoms with van der Waals surface area (Å²) in [6, 6.07) is 19.7. The zero-order valence-electron chi connectivity index (χ0n) is 15.5. The molecule has 3 atom stereocenters. The lowest BCUT2D eigenvalue weighted by Gasteiger charge is -2.34. The predicted octanol–water partition coefficient (Wildman–Crippen LogP) is 3.91. The Morgan fingerprint density at radius 3 is 2.81 bits per heavy atom. The molecule has 1 aliphatic rings. The molecule has 2 aromatic carbocycles. The minimum absolute atomic E-state index is 0.118. The Balaban J connectivity index is 1.75. The van der Waals surface area contributed by atoms with E-state index in [2.05, 4.69) is 53.1 Å². The van der Waals surface area contributed by atoms with E-state index < -0.39 is 0 Å². The third kappa shape index (κ3) is 4.24. The van der Waals surface area contributed by atoms with Crippen LogP contribution in [0.1, 0.15) is 48.4 Å². The molecule has 0 bridgehead atoms. The molecule has 1 aliphatic heterocycles. The van der Waals surface area contributed by atoms with Crippen molar-refractivity contribution in [2.24, 2.45) is 0 Å². The third-order valence-electron chi connectivity index (χ3n) is 5.17. The smallest absolute Gasteiger partial charge is 0.123 e. The molecule has 1 saturated heterocycles. The van der Waals surface area contributed by atoms with E-state index in [1.165, 1.54) is 12.0 Å². The summed E-state index contributed by atoms with van der Waals surface area (Å²) < 4.78 is 5.53. The van der Waals surface area contributed by atoms with Crippen LogP contribution in [-0.2, 0) is 6.54 Å². The van der Waals surface area contributed by atoms with Crippen LogP contribution in [0.25, 0.3) is 0 Å². The molecule has 26 heavy (non-hydrogen) atoms. The van der Waals surface area contributed by atoms with E-state index in [4.69, 9.17) is 4.74 Å². The maximum Gasteiger partial charge on any atom is 0.123 e. The molecule has 0 saturated carbocycles. The molecule has 0 aromatic heterocycles. The molecule has 3 rings (SSSR count). The molecule has 136 valence electrons. The van der Waals surface area contributed by atoms with Gasteiger partial charge >= 0.3 is 0 Å². The Labute approximate surface area is 156 Å². The van der Waals surface area contributed by atoms with Crippen molar-refractivity contribution < 1.29 is 4.74 Å². The van der Waals surface area contributed by atoms with E-state index in [9.17, 15) is 5.26 Å². The Hall–Kier alpha value is -2.35. The summed E-state index contributed by atoms with van der Waals surface area (Å²) in [5.41, 5.74) is 3.46. The average Bonchev–Trinajstić information content (AvgIpc) is 2.72. The summed E-state index contributed by atoms with van der Waals surface area (Å²) in [6.45, 7) is 3.70. The largest absolute Gasteiger partial charge is 0.496 e. The average molecular weight is 349 g/mol. The number of hydrogen-bond acceptors (Lipinski definition) is 4. The van der Waals surface area contributed by atoms with Crippen LogP contribution in [0.2, 0.25) is 0 Å².